The van der Waals surface area contributed by atoms with Crippen LogP contribution in [0.3, 0.4) is 0 Å². The van der Waals surface area contributed by atoms with Crippen LogP contribution in [0, 0.1) is 0 Å². The van der Waals surface area contributed by atoms with Crippen molar-refractivity contribution in [3.63, 3.8) is 0 Å². The van der Waals surface area contributed by atoms with Gasteiger partial charge >= 0.3 is 0 Å². The lowest BCUT2D eigenvalue weighted by Gasteiger charge is -2.38. The number of nitrogens with zero attached hydrogens (tertiary/aromatic N) is 2. The van der Waals surface area contributed by atoms with E-state index in [1.807, 2.05) is 25.7 Å². The normalized spacial score (nSPS) is 21.9. The number of rotatable bonds is 5. The number of carbonyl (C=O) groups excluding carboxylic acids is 1. The Morgan fingerprint density at radius 1 is 1.45 bits per heavy atom. The summed E-state index contributed by atoms with van der Waals surface area (Å²) in [4.78, 5) is 33.0. The van der Waals surface area contributed by atoms with E-state index < -0.39 is 0 Å². The average Bonchev–Trinajstić information content (AvgIpc) is 2.45. The largest absolute Gasteiger partial charge is 0.377 e. The zero-order valence-corrected chi connectivity index (χ0v) is 14.1. The molecule has 6 nitrogen and oxygen atoms in total. The van der Waals surface area contributed by atoms with E-state index in [1.54, 1.807) is 0 Å². The van der Waals surface area contributed by atoms with Gasteiger partial charge in [-0.25, -0.2) is 4.98 Å². The van der Waals surface area contributed by atoms with Gasteiger partial charge in [-0.15, -0.1) is 0 Å². The van der Waals surface area contributed by atoms with E-state index in [2.05, 4.69) is 9.97 Å². The van der Waals surface area contributed by atoms with E-state index in [9.17, 15) is 9.59 Å². The molecule has 2 heterocycles. The van der Waals surface area contributed by atoms with Crippen molar-refractivity contribution >= 4 is 17.7 Å². The second kappa shape index (κ2) is 7.78. The number of aromatic amines is 1. The van der Waals surface area contributed by atoms with E-state index in [0.29, 0.717) is 18.4 Å². The number of ether oxygens (including phenoxy) is 1. The van der Waals surface area contributed by atoms with E-state index in [4.69, 9.17) is 4.74 Å². The van der Waals surface area contributed by atoms with Gasteiger partial charge in [-0.2, -0.15) is 0 Å². The SMILES string of the molecule is CCCc1cc(=O)[nH]c(SCC(=O)N2C(C)COCC2C)n1. The van der Waals surface area contributed by atoms with Crippen LogP contribution in [0.1, 0.15) is 32.9 Å². The summed E-state index contributed by atoms with van der Waals surface area (Å²) in [5.74, 6) is 0.324. The Balaban J connectivity index is 2.00. The van der Waals surface area contributed by atoms with Crippen LogP contribution in [-0.4, -0.2) is 51.8 Å². The zero-order valence-electron chi connectivity index (χ0n) is 13.3. The van der Waals surface area contributed by atoms with Gasteiger partial charge in [0.15, 0.2) is 5.16 Å². The van der Waals surface area contributed by atoms with Crippen LogP contribution >= 0.6 is 11.8 Å². The van der Waals surface area contributed by atoms with Gasteiger partial charge in [0, 0.05) is 11.8 Å². The second-order valence-electron chi connectivity index (χ2n) is 5.62. The van der Waals surface area contributed by atoms with Crippen LogP contribution in [0.25, 0.3) is 0 Å². The van der Waals surface area contributed by atoms with Crippen LogP contribution < -0.4 is 5.56 Å². The van der Waals surface area contributed by atoms with Crippen molar-refractivity contribution < 1.29 is 9.53 Å². The lowest BCUT2D eigenvalue weighted by molar-refractivity contribution is -0.141. The van der Waals surface area contributed by atoms with Crippen LogP contribution in [0.5, 0.6) is 0 Å². The molecule has 1 fully saturated rings. The fourth-order valence-electron chi connectivity index (χ4n) is 2.64. The van der Waals surface area contributed by atoms with Gasteiger partial charge in [-0.3, -0.25) is 9.59 Å². The summed E-state index contributed by atoms with van der Waals surface area (Å²) < 4.78 is 5.44. The first-order valence-electron chi connectivity index (χ1n) is 7.63. The molecule has 0 spiro atoms. The lowest BCUT2D eigenvalue weighted by atomic mass is 10.2. The number of morpholine rings is 1. The first kappa shape index (κ1) is 17.0. The molecule has 7 heteroatoms. The van der Waals surface area contributed by atoms with Crippen LogP contribution in [-0.2, 0) is 16.0 Å². The standard InChI is InChI=1S/C15H23N3O3S/c1-4-5-12-6-13(19)17-15(16-12)22-9-14(20)18-10(2)7-21-8-11(18)3/h6,10-11H,4-5,7-9H2,1-3H3,(H,16,17,19). The predicted molar refractivity (Wildman–Crippen MR) is 86.2 cm³/mol. The molecule has 1 aromatic rings. The molecular formula is C15H23N3O3S. The third kappa shape index (κ3) is 4.33. The summed E-state index contributed by atoms with van der Waals surface area (Å²) in [5, 5.41) is 0.512. The fraction of sp³-hybridized carbons (Fsp3) is 0.667. The second-order valence-corrected chi connectivity index (χ2v) is 6.58. The summed E-state index contributed by atoms with van der Waals surface area (Å²) in [6.07, 6.45) is 1.70. The molecule has 1 saturated heterocycles. The summed E-state index contributed by atoms with van der Waals surface area (Å²) >= 11 is 1.28. The third-order valence-corrected chi connectivity index (χ3v) is 4.43. The summed E-state index contributed by atoms with van der Waals surface area (Å²) in [6.45, 7) is 7.16. The molecule has 0 bridgehead atoms. The molecule has 1 N–H and O–H groups in total. The minimum Gasteiger partial charge on any atom is -0.377 e. The van der Waals surface area contributed by atoms with Crippen molar-refractivity contribution in [2.45, 2.75) is 50.9 Å². The van der Waals surface area contributed by atoms with E-state index in [-0.39, 0.29) is 29.3 Å². The van der Waals surface area contributed by atoms with Crippen molar-refractivity contribution in [2.75, 3.05) is 19.0 Å². The minimum absolute atomic E-state index is 0.0526. The molecule has 1 aliphatic heterocycles. The van der Waals surface area contributed by atoms with Gasteiger partial charge in [-0.05, 0) is 20.3 Å². The zero-order chi connectivity index (χ0) is 16.1. The number of aryl methyl sites for hydroxylation is 1. The quantitative estimate of drug-likeness (QED) is 0.655. The highest BCUT2D eigenvalue weighted by Gasteiger charge is 2.29. The van der Waals surface area contributed by atoms with Crippen LogP contribution in [0.15, 0.2) is 16.0 Å². The van der Waals surface area contributed by atoms with Crippen molar-refractivity contribution in [3.05, 3.63) is 22.1 Å². The molecule has 2 rings (SSSR count). The molecule has 1 aliphatic rings. The number of aromatic nitrogens is 2. The Labute approximate surface area is 134 Å². The summed E-state index contributed by atoms with van der Waals surface area (Å²) in [7, 11) is 0. The maximum absolute atomic E-state index is 12.4. The first-order valence-corrected chi connectivity index (χ1v) is 8.61. The molecule has 0 radical (unpaired) electrons. The van der Waals surface area contributed by atoms with E-state index >= 15 is 0 Å². The fourth-order valence-corrected chi connectivity index (χ4v) is 3.40. The summed E-state index contributed by atoms with van der Waals surface area (Å²) in [6, 6.07) is 1.67. The minimum atomic E-state index is -0.165. The Morgan fingerprint density at radius 2 is 2.14 bits per heavy atom. The average molecular weight is 325 g/mol. The molecule has 122 valence electrons. The highest BCUT2D eigenvalue weighted by molar-refractivity contribution is 7.99. The van der Waals surface area contributed by atoms with Gasteiger partial charge in [-0.1, -0.05) is 25.1 Å². The van der Waals surface area contributed by atoms with Gasteiger partial charge < -0.3 is 14.6 Å². The molecule has 2 unspecified atom stereocenters. The van der Waals surface area contributed by atoms with Gasteiger partial charge in [0.05, 0.1) is 31.1 Å². The molecule has 22 heavy (non-hydrogen) atoms. The molecular weight excluding hydrogens is 302 g/mol. The van der Waals surface area contributed by atoms with Crippen LogP contribution in [0.2, 0.25) is 0 Å². The van der Waals surface area contributed by atoms with E-state index in [1.165, 1.54) is 17.8 Å². The van der Waals surface area contributed by atoms with Gasteiger partial charge in [0.1, 0.15) is 0 Å². The maximum Gasteiger partial charge on any atom is 0.251 e. The number of carbonyl (C=O) groups is 1. The highest BCUT2D eigenvalue weighted by Crippen LogP contribution is 2.18. The first-order chi connectivity index (χ1) is 10.5. The van der Waals surface area contributed by atoms with Gasteiger partial charge in [0.25, 0.3) is 5.56 Å². The smallest absolute Gasteiger partial charge is 0.251 e. The molecule has 0 aliphatic carbocycles. The number of nitrogens with one attached hydrogen (secondary N) is 1. The Morgan fingerprint density at radius 3 is 2.77 bits per heavy atom. The van der Waals surface area contributed by atoms with Crippen molar-refractivity contribution in [2.24, 2.45) is 0 Å². The predicted octanol–water partition coefficient (Wildman–Crippen LogP) is 1.45. The van der Waals surface area contributed by atoms with Crippen molar-refractivity contribution in [1.82, 2.24) is 14.9 Å². The Kier molecular flexibility index (Phi) is 6.02. The number of H-pyrrole nitrogens is 1. The number of hydrogen-bond acceptors (Lipinski definition) is 5. The maximum atomic E-state index is 12.4. The Hall–Kier alpha value is -1.34. The van der Waals surface area contributed by atoms with Crippen LogP contribution in [0.4, 0.5) is 0 Å². The molecule has 1 aromatic heterocycles. The Bertz CT molecular complexity index is 565. The molecule has 0 saturated carbocycles. The highest BCUT2D eigenvalue weighted by atomic mass is 32.2. The third-order valence-electron chi connectivity index (χ3n) is 3.57. The van der Waals surface area contributed by atoms with E-state index in [0.717, 1.165) is 18.5 Å². The van der Waals surface area contributed by atoms with Gasteiger partial charge in [0.2, 0.25) is 5.91 Å². The lowest BCUT2D eigenvalue weighted by Crippen LogP contribution is -2.53. The number of thioether (sulfide) groups is 1. The van der Waals surface area contributed by atoms with Crippen molar-refractivity contribution in [1.29, 1.82) is 0 Å². The molecule has 1 amide bonds. The molecule has 2 atom stereocenters. The topological polar surface area (TPSA) is 75.3 Å². The van der Waals surface area contributed by atoms with Crippen molar-refractivity contribution in [3.8, 4) is 0 Å². The molecule has 0 aromatic carbocycles. The number of amides is 1. The monoisotopic (exact) mass is 325 g/mol. The summed E-state index contributed by atoms with van der Waals surface area (Å²) in [5.41, 5.74) is 0.607. The number of hydrogen-bond donors (Lipinski definition) is 1.